The van der Waals surface area contributed by atoms with E-state index in [1.807, 2.05) is 31.2 Å². The lowest BCUT2D eigenvalue weighted by molar-refractivity contribution is -0.149. The summed E-state index contributed by atoms with van der Waals surface area (Å²) in [4.78, 5) is 0. The molecule has 1 aromatic carbocycles. The molecule has 0 saturated carbocycles. The Morgan fingerprint density at radius 2 is 2.00 bits per heavy atom. The smallest absolute Gasteiger partial charge is 0.192 e. The van der Waals surface area contributed by atoms with Crippen LogP contribution in [0.3, 0.4) is 0 Å². The lowest BCUT2D eigenvalue weighted by Crippen LogP contribution is -2.22. The highest BCUT2D eigenvalue weighted by Crippen LogP contribution is 2.31. The number of ether oxygens (including phenoxy) is 2. The van der Waals surface area contributed by atoms with Crippen molar-refractivity contribution in [3.8, 4) is 0 Å². The molecule has 3 heteroatoms. The van der Waals surface area contributed by atoms with E-state index in [2.05, 4.69) is 0 Å². The largest absolute Gasteiger partial charge is 0.344 e. The first-order chi connectivity index (χ1) is 6.21. The number of halogens is 1. The molecule has 0 N–H and O–H groups in total. The zero-order chi connectivity index (χ0) is 9.31. The molecule has 13 heavy (non-hydrogen) atoms. The summed E-state index contributed by atoms with van der Waals surface area (Å²) in [7, 11) is 0. The summed E-state index contributed by atoms with van der Waals surface area (Å²) >= 11 is 5.87. The Morgan fingerprint density at radius 1 is 1.31 bits per heavy atom. The van der Waals surface area contributed by atoms with Crippen molar-refractivity contribution >= 4 is 11.6 Å². The van der Waals surface area contributed by atoms with E-state index in [1.54, 1.807) is 0 Å². The van der Waals surface area contributed by atoms with Crippen LogP contribution in [-0.4, -0.2) is 13.2 Å². The van der Waals surface area contributed by atoms with E-state index in [0.29, 0.717) is 18.2 Å². The normalized spacial score (nSPS) is 20.5. The maximum Gasteiger partial charge on any atom is 0.192 e. The summed E-state index contributed by atoms with van der Waals surface area (Å²) in [6.45, 7) is 3.19. The molecule has 0 radical (unpaired) electrons. The molecule has 0 atom stereocenters. The predicted octanol–water partition coefficient (Wildman–Crippen LogP) is 2.56. The third-order valence-electron chi connectivity index (χ3n) is 2.19. The third kappa shape index (κ3) is 1.70. The minimum atomic E-state index is -0.606. The molecule has 0 aromatic heterocycles. The van der Waals surface area contributed by atoms with Crippen LogP contribution in [0.25, 0.3) is 0 Å². The van der Waals surface area contributed by atoms with Crippen molar-refractivity contribution in [3.63, 3.8) is 0 Å². The first kappa shape index (κ1) is 9.00. The molecule has 1 saturated heterocycles. The van der Waals surface area contributed by atoms with Gasteiger partial charge >= 0.3 is 0 Å². The SMILES string of the molecule is CC1(c2cccc(Cl)c2)OCCO1. The van der Waals surface area contributed by atoms with Crippen molar-refractivity contribution in [1.29, 1.82) is 0 Å². The van der Waals surface area contributed by atoms with Crippen LogP contribution in [0.1, 0.15) is 12.5 Å². The van der Waals surface area contributed by atoms with E-state index < -0.39 is 5.79 Å². The minimum absolute atomic E-state index is 0.606. The molecule has 0 unspecified atom stereocenters. The molecule has 0 aliphatic carbocycles. The molecule has 0 bridgehead atoms. The summed E-state index contributed by atoms with van der Waals surface area (Å²) in [5.74, 6) is -0.606. The fourth-order valence-corrected chi connectivity index (χ4v) is 1.64. The molecule has 70 valence electrons. The molecule has 0 spiro atoms. The van der Waals surface area contributed by atoms with Crippen molar-refractivity contribution in [2.75, 3.05) is 13.2 Å². The Morgan fingerprint density at radius 3 is 2.62 bits per heavy atom. The van der Waals surface area contributed by atoms with Gasteiger partial charge in [0.2, 0.25) is 0 Å². The Balaban J connectivity index is 2.33. The molecule has 1 heterocycles. The summed E-state index contributed by atoms with van der Waals surface area (Å²) < 4.78 is 11.0. The van der Waals surface area contributed by atoms with Gasteiger partial charge in [0.05, 0.1) is 13.2 Å². The van der Waals surface area contributed by atoms with Crippen LogP contribution in [-0.2, 0) is 15.3 Å². The lowest BCUT2D eigenvalue weighted by atomic mass is 10.1. The predicted molar refractivity (Wildman–Crippen MR) is 50.7 cm³/mol. The zero-order valence-corrected chi connectivity index (χ0v) is 8.17. The monoisotopic (exact) mass is 198 g/mol. The van der Waals surface area contributed by atoms with Crippen LogP contribution in [0.15, 0.2) is 24.3 Å². The van der Waals surface area contributed by atoms with Crippen LogP contribution in [0, 0.1) is 0 Å². The fraction of sp³-hybridized carbons (Fsp3) is 0.400. The zero-order valence-electron chi connectivity index (χ0n) is 7.42. The van der Waals surface area contributed by atoms with E-state index in [4.69, 9.17) is 21.1 Å². The van der Waals surface area contributed by atoms with Crippen molar-refractivity contribution in [2.45, 2.75) is 12.7 Å². The van der Waals surface area contributed by atoms with Gasteiger partial charge in [-0.25, -0.2) is 0 Å². The average Bonchev–Trinajstić information content (AvgIpc) is 2.54. The van der Waals surface area contributed by atoms with Gasteiger partial charge in [0.1, 0.15) is 0 Å². The molecule has 1 aliphatic rings. The van der Waals surface area contributed by atoms with Gasteiger partial charge in [-0.2, -0.15) is 0 Å². The van der Waals surface area contributed by atoms with Crippen LogP contribution in [0.4, 0.5) is 0 Å². The standard InChI is InChI=1S/C10H11ClO2/c1-10(12-5-6-13-10)8-3-2-4-9(11)7-8/h2-4,7H,5-6H2,1H3. The van der Waals surface area contributed by atoms with Gasteiger partial charge in [0.15, 0.2) is 5.79 Å². The molecule has 2 nitrogen and oxygen atoms in total. The lowest BCUT2D eigenvalue weighted by Gasteiger charge is -2.22. The Bertz CT molecular complexity index is 306. The molecule has 1 fully saturated rings. The first-order valence-corrected chi connectivity index (χ1v) is 4.62. The van der Waals surface area contributed by atoms with Crippen LogP contribution >= 0.6 is 11.6 Å². The van der Waals surface area contributed by atoms with Crippen molar-refractivity contribution in [2.24, 2.45) is 0 Å². The van der Waals surface area contributed by atoms with Crippen molar-refractivity contribution in [1.82, 2.24) is 0 Å². The van der Waals surface area contributed by atoms with Crippen LogP contribution < -0.4 is 0 Å². The molecule has 1 aliphatic heterocycles. The van der Waals surface area contributed by atoms with Gasteiger partial charge in [0.25, 0.3) is 0 Å². The average molecular weight is 199 g/mol. The van der Waals surface area contributed by atoms with E-state index >= 15 is 0 Å². The second-order valence-corrected chi connectivity index (χ2v) is 3.59. The highest BCUT2D eigenvalue weighted by Gasteiger charge is 2.32. The second-order valence-electron chi connectivity index (χ2n) is 3.15. The minimum Gasteiger partial charge on any atom is -0.344 e. The quantitative estimate of drug-likeness (QED) is 0.691. The van der Waals surface area contributed by atoms with Gasteiger partial charge in [-0.15, -0.1) is 0 Å². The molecule has 1 aromatic rings. The summed E-state index contributed by atoms with van der Waals surface area (Å²) in [6.07, 6.45) is 0. The van der Waals surface area contributed by atoms with Gasteiger partial charge in [-0.3, -0.25) is 0 Å². The van der Waals surface area contributed by atoms with E-state index in [0.717, 1.165) is 5.56 Å². The topological polar surface area (TPSA) is 18.5 Å². The Labute approximate surface area is 82.4 Å². The molecule has 0 amide bonds. The number of hydrogen-bond acceptors (Lipinski definition) is 2. The number of rotatable bonds is 1. The van der Waals surface area contributed by atoms with Crippen LogP contribution in [0.5, 0.6) is 0 Å². The van der Waals surface area contributed by atoms with E-state index in [9.17, 15) is 0 Å². The van der Waals surface area contributed by atoms with Crippen LogP contribution in [0.2, 0.25) is 5.02 Å². The molecular formula is C10H11ClO2. The van der Waals surface area contributed by atoms with Gasteiger partial charge < -0.3 is 9.47 Å². The number of benzene rings is 1. The first-order valence-electron chi connectivity index (χ1n) is 4.25. The van der Waals surface area contributed by atoms with Gasteiger partial charge in [-0.1, -0.05) is 23.7 Å². The van der Waals surface area contributed by atoms with E-state index in [1.165, 1.54) is 0 Å². The number of hydrogen-bond donors (Lipinski definition) is 0. The third-order valence-corrected chi connectivity index (χ3v) is 2.42. The maximum atomic E-state index is 5.87. The Kier molecular flexibility index (Phi) is 2.28. The summed E-state index contributed by atoms with van der Waals surface area (Å²) in [6, 6.07) is 7.56. The van der Waals surface area contributed by atoms with Crippen molar-refractivity contribution in [3.05, 3.63) is 34.9 Å². The van der Waals surface area contributed by atoms with Gasteiger partial charge in [0, 0.05) is 10.6 Å². The molecular weight excluding hydrogens is 188 g/mol. The summed E-state index contributed by atoms with van der Waals surface area (Å²) in [5.41, 5.74) is 0.970. The van der Waals surface area contributed by atoms with Crippen molar-refractivity contribution < 1.29 is 9.47 Å². The fourth-order valence-electron chi connectivity index (χ4n) is 1.45. The summed E-state index contributed by atoms with van der Waals surface area (Å²) in [5, 5.41) is 0.706. The van der Waals surface area contributed by atoms with Gasteiger partial charge in [-0.05, 0) is 19.1 Å². The second kappa shape index (κ2) is 3.29. The highest BCUT2D eigenvalue weighted by atomic mass is 35.5. The maximum absolute atomic E-state index is 5.87. The Hall–Kier alpha value is -0.570. The molecule has 2 rings (SSSR count). The van der Waals surface area contributed by atoms with E-state index in [-0.39, 0.29) is 0 Å². The highest BCUT2D eigenvalue weighted by molar-refractivity contribution is 6.30.